The largest absolute Gasteiger partial charge is 0.448 e. The summed E-state index contributed by atoms with van der Waals surface area (Å²) in [6, 6.07) is 7.40. The van der Waals surface area contributed by atoms with E-state index in [1.54, 1.807) is 6.92 Å². The lowest BCUT2D eigenvalue weighted by Crippen LogP contribution is -2.13. The highest BCUT2D eigenvalue weighted by molar-refractivity contribution is 9.10. The number of carbonyl (C=O) groups is 2. The van der Waals surface area contributed by atoms with E-state index in [9.17, 15) is 9.59 Å². The molecule has 19 heavy (non-hydrogen) atoms. The fourth-order valence-electron chi connectivity index (χ4n) is 1.13. The molecular formula is C12H13BrN2O3S. The molecule has 0 aromatic heterocycles. The lowest BCUT2D eigenvalue weighted by atomic mass is 10.3. The molecule has 1 aromatic rings. The van der Waals surface area contributed by atoms with Crippen LogP contribution in [-0.2, 0) is 9.53 Å². The van der Waals surface area contributed by atoms with Crippen molar-refractivity contribution in [2.75, 3.05) is 17.7 Å². The van der Waals surface area contributed by atoms with Crippen LogP contribution in [0, 0.1) is 0 Å². The Morgan fingerprint density at radius 1 is 1.53 bits per heavy atom. The molecule has 5 nitrogen and oxygen atoms in total. The smallest absolute Gasteiger partial charge is 0.436 e. The van der Waals surface area contributed by atoms with E-state index in [1.807, 2.05) is 24.3 Å². The van der Waals surface area contributed by atoms with Crippen LogP contribution in [0.4, 0.5) is 10.5 Å². The van der Waals surface area contributed by atoms with Crippen LogP contribution < -0.4 is 5.32 Å². The van der Waals surface area contributed by atoms with Crippen molar-refractivity contribution in [3.63, 3.8) is 0 Å². The van der Waals surface area contributed by atoms with Gasteiger partial charge in [0.2, 0.25) is 0 Å². The van der Waals surface area contributed by atoms with Gasteiger partial charge in [-0.2, -0.15) is 4.99 Å². The number of rotatable bonds is 4. The van der Waals surface area contributed by atoms with Gasteiger partial charge in [0, 0.05) is 4.47 Å². The predicted octanol–water partition coefficient (Wildman–Crippen LogP) is 3.31. The van der Waals surface area contributed by atoms with Gasteiger partial charge in [-0.1, -0.05) is 23.9 Å². The van der Waals surface area contributed by atoms with E-state index in [1.165, 1.54) is 0 Å². The van der Waals surface area contributed by atoms with Crippen LogP contribution in [0.15, 0.2) is 33.7 Å². The van der Waals surface area contributed by atoms with Crippen LogP contribution in [0.3, 0.4) is 0 Å². The van der Waals surface area contributed by atoms with Gasteiger partial charge in [0.25, 0.3) is 0 Å². The molecule has 1 rings (SSSR count). The molecule has 0 spiro atoms. The van der Waals surface area contributed by atoms with E-state index >= 15 is 0 Å². The fraction of sp³-hybridized carbons (Fsp3) is 0.250. The van der Waals surface area contributed by atoms with Crippen LogP contribution in [0.25, 0.3) is 0 Å². The van der Waals surface area contributed by atoms with Crippen molar-refractivity contribution >= 4 is 50.9 Å². The molecule has 102 valence electrons. The Labute approximate surface area is 123 Å². The summed E-state index contributed by atoms with van der Waals surface area (Å²) in [6.07, 6.45) is 0.0583. The molecule has 0 heterocycles. The third kappa shape index (κ3) is 5.89. The number of amidine groups is 1. The molecule has 0 saturated heterocycles. The van der Waals surface area contributed by atoms with Gasteiger partial charge >= 0.3 is 6.09 Å². The Balaban J connectivity index is 2.82. The van der Waals surface area contributed by atoms with Crippen molar-refractivity contribution in [1.82, 2.24) is 0 Å². The monoisotopic (exact) mass is 344 g/mol. The van der Waals surface area contributed by atoms with Crippen LogP contribution in [-0.4, -0.2) is 29.9 Å². The molecule has 1 amide bonds. The number of hydrogen-bond acceptors (Lipinski definition) is 4. The van der Waals surface area contributed by atoms with E-state index in [2.05, 4.69) is 26.2 Å². The normalized spacial score (nSPS) is 10.9. The zero-order valence-corrected chi connectivity index (χ0v) is 12.7. The first-order valence-electron chi connectivity index (χ1n) is 5.50. The minimum Gasteiger partial charge on any atom is -0.448 e. The van der Waals surface area contributed by atoms with Crippen LogP contribution in [0.2, 0.25) is 0 Å². The van der Waals surface area contributed by atoms with Gasteiger partial charge < -0.3 is 14.8 Å². The number of hydrogen-bond donors (Lipinski definition) is 1. The first-order chi connectivity index (χ1) is 9.17. The summed E-state index contributed by atoms with van der Waals surface area (Å²) in [5.41, 5.74) is 0.754. The number of halogens is 1. The number of aldehydes is 1. The third-order valence-corrected chi connectivity index (χ3v) is 3.33. The van der Waals surface area contributed by atoms with Crippen LogP contribution in [0.1, 0.15) is 6.92 Å². The van der Waals surface area contributed by atoms with E-state index < -0.39 is 6.09 Å². The molecule has 0 unspecified atom stereocenters. The molecule has 0 aliphatic rings. The number of para-hydroxylation sites is 1. The van der Waals surface area contributed by atoms with E-state index in [0.29, 0.717) is 5.17 Å². The zero-order chi connectivity index (χ0) is 14.1. The van der Waals surface area contributed by atoms with Gasteiger partial charge in [0.15, 0.2) is 5.17 Å². The maximum atomic E-state index is 11.3. The number of benzene rings is 1. The van der Waals surface area contributed by atoms with E-state index in [0.717, 1.165) is 28.2 Å². The fourth-order valence-corrected chi connectivity index (χ4v) is 2.06. The highest BCUT2D eigenvalue weighted by Gasteiger charge is 2.07. The van der Waals surface area contributed by atoms with Crippen molar-refractivity contribution in [1.29, 1.82) is 0 Å². The van der Waals surface area contributed by atoms with Crippen LogP contribution >= 0.6 is 27.7 Å². The topological polar surface area (TPSA) is 67.8 Å². The quantitative estimate of drug-likeness (QED) is 0.515. The highest BCUT2D eigenvalue weighted by atomic mass is 79.9. The summed E-state index contributed by atoms with van der Waals surface area (Å²) in [5, 5.41) is 3.29. The predicted molar refractivity (Wildman–Crippen MR) is 80.7 cm³/mol. The summed E-state index contributed by atoms with van der Waals surface area (Å²) in [7, 11) is 0. The standard InChI is InChI=1S/C12H13BrN2O3S/c1-2-18-12(17)15-11(19-8-7-16)14-10-6-4-3-5-9(10)13/h3-7H,2,8H2,1H3,(H,14,15,17). The lowest BCUT2D eigenvalue weighted by Gasteiger charge is -2.09. The maximum absolute atomic E-state index is 11.3. The second kappa shape index (κ2) is 8.71. The Hall–Kier alpha value is -1.34. The Morgan fingerprint density at radius 3 is 2.89 bits per heavy atom. The summed E-state index contributed by atoms with van der Waals surface area (Å²) in [4.78, 5) is 25.5. The van der Waals surface area contributed by atoms with Gasteiger partial charge in [-0.25, -0.2) is 4.79 Å². The first kappa shape index (κ1) is 15.7. The highest BCUT2D eigenvalue weighted by Crippen LogP contribution is 2.22. The molecule has 0 fully saturated rings. The second-order valence-corrected chi connectivity index (χ2v) is 5.06. The number of amides is 1. The van der Waals surface area contributed by atoms with Crippen molar-refractivity contribution in [3.8, 4) is 0 Å². The van der Waals surface area contributed by atoms with Gasteiger partial charge in [0.05, 0.1) is 18.0 Å². The summed E-state index contributed by atoms with van der Waals surface area (Å²) < 4.78 is 5.57. The van der Waals surface area contributed by atoms with Gasteiger partial charge in [-0.3, -0.25) is 0 Å². The molecular weight excluding hydrogens is 332 g/mol. The minimum atomic E-state index is -0.685. The molecule has 0 atom stereocenters. The maximum Gasteiger partial charge on any atom is 0.436 e. The molecule has 0 radical (unpaired) electrons. The average Bonchev–Trinajstić information content (AvgIpc) is 2.39. The summed E-state index contributed by atoms with van der Waals surface area (Å²) in [6.45, 7) is 1.95. The molecule has 0 saturated carbocycles. The minimum absolute atomic E-state index is 0.204. The number of ether oxygens (including phenoxy) is 1. The van der Waals surface area contributed by atoms with E-state index in [4.69, 9.17) is 4.74 Å². The molecule has 0 aliphatic carbocycles. The number of anilines is 1. The molecule has 0 bridgehead atoms. The zero-order valence-electron chi connectivity index (χ0n) is 10.3. The second-order valence-electron chi connectivity index (χ2n) is 3.20. The molecule has 1 aromatic carbocycles. The number of nitrogens with zero attached hydrogens (tertiary/aromatic N) is 1. The lowest BCUT2D eigenvalue weighted by molar-refractivity contribution is -0.105. The summed E-state index contributed by atoms with van der Waals surface area (Å²) in [5.74, 6) is 0.204. The Kier molecular flexibility index (Phi) is 7.20. The molecule has 7 heteroatoms. The Morgan fingerprint density at radius 2 is 2.26 bits per heavy atom. The van der Waals surface area contributed by atoms with Gasteiger partial charge in [-0.15, -0.1) is 0 Å². The molecule has 0 aliphatic heterocycles. The van der Waals surface area contributed by atoms with Crippen molar-refractivity contribution < 1.29 is 14.3 Å². The van der Waals surface area contributed by atoms with Gasteiger partial charge in [0.1, 0.15) is 6.29 Å². The van der Waals surface area contributed by atoms with Crippen molar-refractivity contribution in [2.24, 2.45) is 4.99 Å². The first-order valence-corrected chi connectivity index (χ1v) is 7.28. The van der Waals surface area contributed by atoms with Crippen molar-refractivity contribution in [3.05, 3.63) is 28.7 Å². The van der Waals surface area contributed by atoms with E-state index in [-0.39, 0.29) is 12.4 Å². The number of carbonyl (C=O) groups excluding carboxylic acids is 2. The van der Waals surface area contributed by atoms with Crippen LogP contribution in [0.5, 0.6) is 0 Å². The number of thioether (sulfide) groups is 1. The third-order valence-electron chi connectivity index (χ3n) is 1.86. The Bertz CT molecular complexity index is 480. The number of aliphatic imine (C=N–C) groups is 1. The van der Waals surface area contributed by atoms with Gasteiger partial charge in [-0.05, 0) is 35.0 Å². The average molecular weight is 345 g/mol. The molecule has 1 N–H and O–H groups in total. The SMILES string of the molecule is CCOC(=O)/N=C(/Nc1ccccc1Br)SCC=O. The van der Waals surface area contributed by atoms with Crippen molar-refractivity contribution in [2.45, 2.75) is 6.92 Å². The summed E-state index contributed by atoms with van der Waals surface area (Å²) >= 11 is 4.51. The number of nitrogens with one attached hydrogen (secondary N) is 1.